The highest BCUT2D eigenvalue weighted by atomic mass is 16.6. The van der Waals surface area contributed by atoms with Gasteiger partial charge in [0.2, 0.25) is 0 Å². The van der Waals surface area contributed by atoms with Gasteiger partial charge >= 0.3 is 6.09 Å². The molecule has 1 aliphatic rings. The predicted octanol–water partition coefficient (Wildman–Crippen LogP) is 1.74. The molecule has 0 aromatic carbocycles. The quantitative estimate of drug-likeness (QED) is 0.805. The van der Waals surface area contributed by atoms with Crippen LogP contribution in [0, 0.1) is 0 Å². The van der Waals surface area contributed by atoms with E-state index in [-0.39, 0.29) is 18.8 Å². The van der Waals surface area contributed by atoms with E-state index in [9.17, 15) is 4.79 Å². The number of aliphatic hydroxyl groups is 1. The lowest BCUT2D eigenvalue weighted by Gasteiger charge is -2.31. The second-order valence-corrected chi connectivity index (χ2v) is 5.79. The predicted molar refractivity (Wildman–Crippen MR) is 63.6 cm³/mol. The highest BCUT2D eigenvalue weighted by molar-refractivity contribution is 5.69. The minimum absolute atomic E-state index is 0.0584. The molecule has 1 aliphatic heterocycles. The minimum Gasteiger partial charge on any atom is -0.444 e. The number of hydrogen-bond acceptors (Lipinski definition) is 4. The number of carbonyl (C=O) groups is 1. The number of amides is 1. The topological polar surface area (TPSA) is 59.0 Å². The van der Waals surface area contributed by atoms with Crippen LogP contribution in [0.15, 0.2) is 0 Å². The Hall–Kier alpha value is -0.810. The third-order valence-corrected chi connectivity index (χ3v) is 2.56. The van der Waals surface area contributed by atoms with E-state index in [0.717, 1.165) is 0 Å². The first-order chi connectivity index (χ1) is 7.65. The first-order valence-corrected chi connectivity index (χ1v) is 5.95. The summed E-state index contributed by atoms with van der Waals surface area (Å²) >= 11 is 0. The van der Waals surface area contributed by atoms with Crippen LogP contribution in [0.25, 0.3) is 0 Å². The van der Waals surface area contributed by atoms with Crippen LogP contribution in [0.1, 0.15) is 41.0 Å². The molecule has 1 fully saturated rings. The molecule has 0 spiro atoms. The molecule has 1 rings (SSSR count). The van der Waals surface area contributed by atoms with Crippen molar-refractivity contribution in [1.29, 1.82) is 0 Å². The lowest BCUT2D eigenvalue weighted by atomic mass is 10.2. The molecular weight excluding hydrogens is 222 g/mol. The van der Waals surface area contributed by atoms with Gasteiger partial charge in [-0.25, -0.2) is 4.79 Å². The van der Waals surface area contributed by atoms with Gasteiger partial charge in [-0.15, -0.1) is 0 Å². The van der Waals surface area contributed by atoms with Crippen molar-refractivity contribution in [3.63, 3.8) is 0 Å². The second kappa shape index (κ2) is 4.82. The molecule has 0 radical (unpaired) electrons. The third kappa shape index (κ3) is 3.85. The standard InChI is InChI=1S/C12H23NO4/c1-11(2,3)17-10(15)13-8-9(6-7-14)16-12(13,4)5/h9,14H,6-8H2,1-5H3/t9-/m1/s1. The molecule has 17 heavy (non-hydrogen) atoms. The monoisotopic (exact) mass is 245 g/mol. The molecule has 1 amide bonds. The summed E-state index contributed by atoms with van der Waals surface area (Å²) in [6.07, 6.45) is 0.0355. The maximum absolute atomic E-state index is 12.0. The summed E-state index contributed by atoms with van der Waals surface area (Å²) in [6.45, 7) is 9.67. The van der Waals surface area contributed by atoms with E-state index in [1.165, 1.54) is 0 Å². The van der Waals surface area contributed by atoms with Gasteiger partial charge in [0.15, 0.2) is 0 Å². The highest BCUT2D eigenvalue weighted by Crippen LogP contribution is 2.29. The number of hydrogen-bond donors (Lipinski definition) is 1. The largest absolute Gasteiger partial charge is 0.444 e. The number of ether oxygens (including phenoxy) is 2. The lowest BCUT2D eigenvalue weighted by molar-refractivity contribution is -0.0809. The Balaban J connectivity index is 2.67. The second-order valence-electron chi connectivity index (χ2n) is 5.79. The van der Waals surface area contributed by atoms with E-state index >= 15 is 0 Å². The molecule has 1 heterocycles. The molecule has 1 saturated heterocycles. The van der Waals surface area contributed by atoms with E-state index in [1.54, 1.807) is 4.90 Å². The lowest BCUT2D eigenvalue weighted by Crippen LogP contribution is -2.46. The molecule has 0 bridgehead atoms. The highest BCUT2D eigenvalue weighted by Gasteiger charge is 2.43. The molecule has 1 N–H and O–H groups in total. The molecule has 0 aromatic heterocycles. The summed E-state index contributed by atoms with van der Waals surface area (Å²) in [5.41, 5.74) is -1.19. The summed E-state index contributed by atoms with van der Waals surface area (Å²) in [5, 5.41) is 8.89. The fourth-order valence-corrected chi connectivity index (χ4v) is 1.84. The van der Waals surface area contributed by atoms with Crippen LogP contribution in [-0.2, 0) is 9.47 Å². The maximum Gasteiger partial charge on any atom is 0.412 e. The number of rotatable bonds is 2. The van der Waals surface area contributed by atoms with Crippen LogP contribution < -0.4 is 0 Å². The molecule has 0 saturated carbocycles. The Morgan fingerprint density at radius 1 is 1.53 bits per heavy atom. The van der Waals surface area contributed by atoms with Gasteiger partial charge in [-0.05, 0) is 41.0 Å². The van der Waals surface area contributed by atoms with Gasteiger partial charge in [0.25, 0.3) is 0 Å². The van der Waals surface area contributed by atoms with Crippen molar-refractivity contribution in [2.75, 3.05) is 13.2 Å². The fraction of sp³-hybridized carbons (Fsp3) is 0.917. The fourth-order valence-electron chi connectivity index (χ4n) is 1.84. The Bertz CT molecular complexity index is 283. The zero-order valence-corrected chi connectivity index (χ0v) is 11.3. The molecule has 5 nitrogen and oxygen atoms in total. The number of carbonyl (C=O) groups excluding carboxylic acids is 1. The van der Waals surface area contributed by atoms with Crippen molar-refractivity contribution in [2.24, 2.45) is 0 Å². The van der Waals surface area contributed by atoms with Gasteiger partial charge in [-0.1, -0.05) is 0 Å². The van der Waals surface area contributed by atoms with Crippen molar-refractivity contribution in [3.05, 3.63) is 0 Å². The zero-order valence-electron chi connectivity index (χ0n) is 11.3. The van der Waals surface area contributed by atoms with Crippen LogP contribution in [0.3, 0.4) is 0 Å². The SMILES string of the molecule is CC(C)(C)OC(=O)N1C[C@@H](CCO)OC1(C)C. The average molecular weight is 245 g/mol. The molecule has 0 aliphatic carbocycles. The Labute approximate surface area is 103 Å². The summed E-state index contributed by atoms with van der Waals surface area (Å²) in [4.78, 5) is 13.6. The Morgan fingerprint density at radius 3 is 2.59 bits per heavy atom. The van der Waals surface area contributed by atoms with Gasteiger partial charge < -0.3 is 14.6 Å². The van der Waals surface area contributed by atoms with Crippen LogP contribution in [0.2, 0.25) is 0 Å². The molecule has 1 atom stereocenters. The van der Waals surface area contributed by atoms with Crippen molar-refractivity contribution in [1.82, 2.24) is 4.90 Å². The van der Waals surface area contributed by atoms with E-state index < -0.39 is 11.3 Å². The van der Waals surface area contributed by atoms with Gasteiger partial charge in [-0.3, -0.25) is 4.90 Å². The summed E-state index contributed by atoms with van der Waals surface area (Å²) < 4.78 is 11.0. The van der Waals surface area contributed by atoms with E-state index in [0.29, 0.717) is 13.0 Å². The summed E-state index contributed by atoms with van der Waals surface area (Å²) in [7, 11) is 0. The van der Waals surface area contributed by atoms with E-state index in [4.69, 9.17) is 14.6 Å². The third-order valence-electron chi connectivity index (χ3n) is 2.56. The average Bonchev–Trinajstić information content (AvgIpc) is 2.38. The van der Waals surface area contributed by atoms with Gasteiger partial charge in [-0.2, -0.15) is 0 Å². The molecule has 5 heteroatoms. The van der Waals surface area contributed by atoms with Gasteiger partial charge in [0.05, 0.1) is 12.6 Å². The van der Waals surface area contributed by atoms with Crippen LogP contribution >= 0.6 is 0 Å². The van der Waals surface area contributed by atoms with Crippen molar-refractivity contribution < 1.29 is 19.4 Å². The first-order valence-electron chi connectivity index (χ1n) is 5.95. The van der Waals surface area contributed by atoms with Crippen molar-refractivity contribution in [3.8, 4) is 0 Å². The molecule has 0 aromatic rings. The van der Waals surface area contributed by atoms with E-state index in [1.807, 2.05) is 34.6 Å². The smallest absolute Gasteiger partial charge is 0.412 e. The summed E-state index contributed by atoms with van der Waals surface area (Å²) in [5.74, 6) is 0. The first kappa shape index (κ1) is 14.3. The molecular formula is C12H23NO4. The maximum atomic E-state index is 12.0. The zero-order chi connectivity index (χ0) is 13.3. The molecule has 0 unspecified atom stereocenters. The normalized spacial score (nSPS) is 23.9. The minimum atomic E-state index is -0.678. The Kier molecular flexibility index (Phi) is 4.04. The van der Waals surface area contributed by atoms with Crippen LogP contribution in [0.4, 0.5) is 4.79 Å². The van der Waals surface area contributed by atoms with Gasteiger partial charge in [0.1, 0.15) is 11.3 Å². The van der Waals surface area contributed by atoms with Crippen molar-refractivity contribution >= 4 is 6.09 Å². The number of aliphatic hydroxyl groups excluding tert-OH is 1. The van der Waals surface area contributed by atoms with Crippen LogP contribution in [-0.4, -0.2) is 46.7 Å². The van der Waals surface area contributed by atoms with Crippen LogP contribution in [0.5, 0.6) is 0 Å². The Morgan fingerprint density at radius 2 is 2.12 bits per heavy atom. The van der Waals surface area contributed by atoms with Gasteiger partial charge in [0, 0.05) is 6.61 Å². The number of nitrogens with zero attached hydrogens (tertiary/aromatic N) is 1. The summed E-state index contributed by atoms with van der Waals surface area (Å²) in [6, 6.07) is 0. The molecule has 100 valence electrons. The van der Waals surface area contributed by atoms with E-state index in [2.05, 4.69) is 0 Å². The van der Waals surface area contributed by atoms with Crippen molar-refractivity contribution in [2.45, 2.75) is 58.5 Å².